The lowest BCUT2D eigenvalue weighted by Crippen LogP contribution is -2.36. The van der Waals surface area contributed by atoms with Crippen LogP contribution in [0.4, 0.5) is 5.69 Å². The van der Waals surface area contributed by atoms with E-state index in [0.717, 1.165) is 23.3 Å². The highest BCUT2D eigenvalue weighted by Gasteiger charge is 2.29. The van der Waals surface area contributed by atoms with Gasteiger partial charge in [0.05, 0.1) is 17.2 Å². The molecule has 3 rings (SSSR count). The molecule has 142 valence electrons. The Morgan fingerprint density at radius 1 is 1.11 bits per heavy atom. The Bertz CT molecular complexity index is 965. The monoisotopic (exact) mass is 385 g/mol. The lowest BCUT2D eigenvalue weighted by Gasteiger charge is -2.29. The van der Waals surface area contributed by atoms with Gasteiger partial charge in [-0.15, -0.1) is 0 Å². The van der Waals surface area contributed by atoms with Crippen molar-refractivity contribution in [2.45, 2.75) is 31.2 Å². The first-order valence-corrected chi connectivity index (χ1v) is 10.7. The topological polar surface area (TPSA) is 92.8 Å². The Balaban J connectivity index is 1.92. The van der Waals surface area contributed by atoms with E-state index in [0.29, 0.717) is 18.7 Å². The minimum absolute atomic E-state index is 0.0178. The molecule has 0 aliphatic carbocycles. The molecule has 1 unspecified atom stereocenters. The summed E-state index contributed by atoms with van der Waals surface area (Å²) < 4.78 is 23.3. The van der Waals surface area contributed by atoms with Crippen molar-refractivity contribution in [3.8, 4) is 0 Å². The van der Waals surface area contributed by atoms with E-state index in [1.807, 2.05) is 19.1 Å². The van der Waals surface area contributed by atoms with Gasteiger partial charge in [-0.3, -0.25) is 4.79 Å². The smallest absolute Gasteiger partial charge is 0.243 e. The number of hydrazone groups is 1. The molecule has 1 aliphatic heterocycles. The molecule has 0 saturated carbocycles. The van der Waals surface area contributed by atoms with Gasteiger partial charge in [0.25, 0.3) is 0 Å². The summed E-state index contributed by atoms with van der Waals surface area (Å²) in [6.07, 6.45) is 2.36. The van der Waals surface area contributed by atoms with Crippen molar-refractivity contribution in [3.63, 3.8) is 0 Å². The average Bonchev–Trinajstić information content (AvgIpc) is 2.64. The van der Waals surface area contributed by atoms with Gasteiger partial charge in [0.2, 0.25) is 5.91 Å². The summed E-state index contributed by atoms with van der Waals surface area (Å²) in [7, 11) is -3.25. The molecule has 1 amide bonds. The zero-order valence-corrected chi connectivity index (χ0v) is 16.2. The molecule has 0 saturated heterocycles. The summed E-state index contributed by atoms with van der Waals surface area (Å²) in [6, 6.07) is 14.0. The maximum absolute atomic E-state index is 12.5. The van der Waals surface area contributed by atoms with Crippen molar-refractivity contribution in [2.75, 3.05) is 12.0 Å². The molecule has 27 heavy (non-hydrogen) atoms. The summed E-state index contributed by atoms with van der Waals surface area (Å²) in [5.41, 5.74) is 8.98. The third-order valence-corrected chi connectivity index (χ3v) is 5.84. The largest absolute Gasteiger partial charge is 0.399 e. The van der Waals surface area contributed by atoms with E-state index in [-0.39, 0.29) is 16.7 Å². The Morgan fingerprint density at radius 2 is 1.74 bits per heavy atom. The maximum Gasteiger partial charge on any atom is 0.243 e. The SMILES string of the molecule is CCC1CC(=O)N(Cc2ccc(N)cc2)N=C1c1ccc(S(C)(=O)=O)cc1. The average molecular weight is 385 g/mol. The predicted octanol–water partition coefficient (Wildman–Crippen LogP) is 2.84. The molecule has 7 heteroatoms. The van der Waals surface area contributed by atoms with Crippen LogP contribution in [-0.2, 0) is 21.2 Å². The number of amides is 1. The van der Waals surface area contributed by atoms with Crippen LogP contribution in [0.2, 0.25) is 0 Å². The third-order valence-electron chi connectivity index (χ3n) is 4.71. The number of benzene rings is 2. The first-order chi connectivity index (χ1) is 12.8. The predicted molar refractivity (Wildman–Crippen MR) is 106 cm³/mol. The van der Waals surface area contributed by atoms with Gasteiger partial charge in [-0.1, -0.05) is 31.2 Å². The summed E-state index contributed by atoms with van der Waals surface area (Å²) in [5.74, 6) is -0.000525. The number of nitrogens with zero attached hydrogens (tertiary/aromatic N) is 2. The second-order valence-electron chi connectivity index (χ2n) is 6.78. The lowest BCUT2D eigenvalue weighted by atomic mass is 9.90. The van der Waals surface area contributed by atoms with Gasteiger partial charge in [0.15, 0.2) is 9.84 Å². The Hall–Kier alpha value is -2.67. The van der Waals surface area contributed by atoms with Crippen molar-refractivity contribution >= 4 is 27.1 Å². The van der Waals surface area contributed by atoms with Gasteiger partial charge < -0.3 is 5.73 Å². The van der Waals surface area contributed by atoms with E-state index in [9.17, 15) is 13.2 Å². The van der Waals surface area contributed by atoms with Gasteiger partial charge in [-0.2, -0.15) is 5.10 Å². The van der Waals surface area contributed by atoms with Crippen molar-refractivity contribution in [1.29, 1.82) is 0 Å². The summed E-state index contributed by atoms with van der Waals surface area (Å²) in [5, 5.41) is 6.10. The number of rotatable bonds is 5. The number of sulfone groups is 1. The number of hydrogen-bond donors (Lipinski definition) is 1. The van der Waals surface area contributed by atoms with Gasteiger partial charge in [-0.05, 0) is 41.8 Å². The minimum Gasteiger partial charge on any atom is -0.399 e. The van der Waals surface area contributed by atoms with Crippen LogP contribution in [0.25, 0.3) is 0 Å². The van der Waals surface area contributed by atoms with Crippen LogP contribution in [0, 0.1) is 5.92 Å². The normalized spacial score (nSPS) is 17.7. The van der Waals surface area contributed by atoms with Crippen LogP contribution in [-0.4, -0.2) is 31.3 Å². The molecule has 0 radical (unpaired) electrons. The van der Waals surface area contributed by atoms with Crippen LogP contribution in [0.3, 0.4) is 0 Å². The van der Waals surface area contributed by atoms with Crippen LogP contribution in [0.15, 0.2) is 58.5 Å². The van der Waals surface area contributed by atoms with Crippen molar-refractivity contribution in [1.82, 2.24) is 5.01 Å². The van der Waals surface area contributed by atoms with Crippen molar-refractivity contribution in [2.24, 2.45) is 11.0 Å². The second-order valence-corrected chi connectivity index (χ2v) is 8.80. The van der Waals surface area contributed by atoms with E-state index in [2.05, 4.69) is 5.10 Å². The van der Waals surface area contributed by atoms with Crippen LogP contribution in [0.5, 0.6) is 0 Å². The molecule has 1 aliphatic rings. The quantitative estimate of drug-likeness (QED) is 0.801. The number of nitrogen functional groups attached to an aromatic ring is 1. The van der Waals surface area contributed by atoms with Gasteiger partial charge in [-0.25, -0.2) is 13.4 Å². The Labute approximate surface area is 159 Å². The molecule has 0 fully saturated rings. The summed E-state index contributed by atoms with van der Waals surface area (Å²) >= 11 is 0. The summed E-state index contributed by atoms with van der Waals surface area (Å²) in [4.78, 5) is 12.8. The molecular formula is C20H23N3O3S. The maximum atomic E-state index is 12.5. The summed E-state index contributed by atoms with van der Waals surface area (Å²) in [6.45, 7) is 2.40. The highest BCUT2D eigenvalue weighted by atomic mass is 32.2. The highest BCUT2D eigenvalue weighted by Crippen LogP contribution is 2.25. The zero-order chi connectivity index (χ0) is 19.6. The van der Waals surface area contributed by atoms with E-state index in [4.69, 9.17) is 5.73 Å². The number of anilines is 1. The minimum atomic E-state index is -3.25. The van der Waals surface area contributed by atoms with Gasteiger partial charge in [0, 0.05) is 24.3 Å². The Kier molecular flexibility index (Phi) is 5.32. The molecule has 2 N–H and O–H groups in total. The fourth-order valence-corrected chi connectivity index (χ4v) is 3.73. The van der Waals surface area contributed by atoms with E-state index >= 15 is 0 Å². The first kappa shape index (κ1) is 19.1. The second kappa shape index (κ2) is 7.52. The number of carbonyl (C=O) groups is 1. The molecule has 0 bridgehead atoms. The third kappa shape index (κ3) is 4.36. The molecule has 1 heterocycles. The van der Waals surface area contributed by atoms with Crippen LogP contribution >= 0.6 is 0 Å². The fourth-order valence-electron chi connectivity index (χ4n) is 3.10. The lowest BCUT2D eigenvalue weighted by molar-refractivity contribution is -0.133. The van der Waals surface area contributed by atoms with Gasteiger partial charge >= 0.3 is 0 Å². The molecule has 2 aromatic carbocycles. The van der Waals surface area contributed by atoms with Crippen LogP contribution in [0.1, 0.15) is 30.9 Å². The zero-order valence-electron chi connectivity index (χ0n) is 15.4. The molecule has 0 spiro atoms. The van der Waals surface area contributed by atoms with E-state index in [1.165, 1.54) is 11.3 Å². The van der Waals surface area contributed by atoms with Gasteiger partial charge in [0.1, 0.15) is 0 Å². The van der Waals surface area contributed by atoms with E-state index in [1.54, 1.807) is 36.4 Å². The molecule has 6 nitrogen and oxygen atoms in total. The number of hydrogen-bond acceptors (Lipinski definition) is 5. The number of carbonyl (C=O) groups excluding carboxylic acids is 1. The molecule has 2 aromatic rings. The molecule has 0 aromatic heterocycles. The molecular weight excluding hydrogens is 362 g/mol. The fraction of sp³-hybridized carbons (Fsp3) is 0.300. The first-order valence-electron chi connectivity index (χ1n) is 8.81. The van der Waals surface area contributed by atoms with Crippen molar-refractivity contribution < 1.29 is 13.2 Å². The standard InChI is InChI=1S/C20H23N3O3S/c1-3-15-12-19(24)23(13-14-4-8-17(21)9-5-14)22-20(15)16-6-10-18(11-7-16)27(2,25)26/h4-11,15H,3,12-13,21H2,1-2H3. The van der Waals surface area contributed by atoms with Crippen molar-refractivity contribution in [3.05, 3.63) is 59.7 Å². The van der Waals surface area contributed by atoms with E-state index < -0.39 is 9.84 Å². The highest BCUT2D eigenvalue weighted by molar-refractivity contribution is 7.90. The van der Waals surface area contributed by atoms with Crippen LogP contribution < -0.4 is 5.73 Å². The molecule has 1 atom stereocenters. The Morgan fingerprint density at radius 3 is 2.30 bits per heavy atom. The number of nitrogens with two attached hydrogens (primary N) is 1.